The summed E-state index contributed by atoms with van der Waals surface area (Å²) in [6.45, 7) is 2.59. The second-order valence-electron chi connectivity index (χ2n) is 5.65. The lowest BCUT2D eigenvalue weighted by Gasteiger charge is -2.16. The fraction of sp³-hybridized carbons (Fsp3) is 0.200. The highest BCUT2D eigenvalue weighted by Crippen LogP contribution is 2.33. The highest BCUT2D eigenvalue weighted by molar-refractivity contribution is 8.18. The number of amides is 2. The number of carbonyl (C=O) groups excluding carboxylic acids is 2. The van der Waals surface area contributed by atoms with E-state index in [1.54, 1.807) is 13.2 Å². The van der Waals surface area contributed by atoms with E-state index in [1.807, 2.05) is 55.5 Å². The molecule has 0 atom stereocenters. The van der Waals surface area contributed by atoms with Gasteiger partial charge in [-0.25, -0.2) is 0 Å². The maximum atomic E-state index is 12.6. The third kappa shape index (κ3) is 4.43. The molecule has 1 aliphatic heterocycles. The number of thioether (sulfide) groups is 1. The Labute approximate surface area is 162 Å². The summed E-state index contributed by atoms with van der Waals surface area (Å²) in [5.74, 6) is 1.10. The number of hydrogen-bond donors (Lipinski definition) is 1. The fourth-order valence-electron chi connectivity index (χ4n) is 2.57. The van der Waals surface area contributed by atoms with E-state index in [2.05, 4.69) is 5.32 Å². The summed E-state index contributed by atoms with van der Waals surface area (Å²) in [7, 11) is 1.57. The fourth-order valence-corrected chi connectivity index (χ4v) is 3.41. The zero-order valence-electron chi connectivity index (χ0n) is 15.1. The average molecular weight is 384 g/mol. The summed E-state index contributed by atoms with van der Waals surface area (Å²) >= 11 is 0.932. The second kappa shape index (κ2) is 8.64. The van der Waals surface area contributed by atoms with Crippen molar-refractivity contribution >= 4 is 34.7 Å². The number of carbonyl (C=O) groups is 2. The van der Waals surface area contributed by atoms with Crippen LogP contribution in [-0.2, 0) is 4.79 Å². The van der Waals surface area contributed by atoms with E-state index >= 15 is 0 Å². The number of nitrogens with one attached hydrogen (secondary N) is 1. The highest BCUT2D eigenvalue weighted by Gasteiger charge is 2.34. The Morgan fingerprint density at radius 3 is 2.56 bits per heavy atom. The molecule has 0 aliphatic carbocycles. The van der Waals surface area contributed by atoms with Crippen molar-refractivity contribution in [1.82, 2.24) is 4.90 Å². The van der Waals surface area contributed by atoms with E-state index < -0.39 is 0 Å². The van der Waals surface area contributed by atoms with Gasteiger partial charge in [0.05, 0.1) is 31.0 Å². The molecular weight excluding hydrogens is 364 g/mol. The van der Waals surface area contributed by atoms with E-state index in [4.69, 9.17) is 9.47 Å². The Bertz CT molecular complexity index is 865. The van der Waals surface area contributed by atoms with Gasteiger partial charge in [0.2, 0.25) is 0 Å². The number of benzene rings is 2. The van der Waals surface area contributed by atoms with Gasteiger partial charge < -0.3 is 14.8 Å². The normalized spacial score (nSPS) is 15.3. The molecule has 0 radical (unpaired) electrons. The number of ether oxygens (including phenoxy) is 2. The zero-order chi connectivity index (χ0) is 19.2. The number of methoxy groups -OCH3 is 1. The molecule has 7 heteroatoms. The third-order valence-corrected chi connectivity index (χ3v) is 4.80. The van der Waals surface area contributed by atoms with Gasteiger partial charge in [-0.2, -0.15) is 0 Å². The monoisotopic (exact) mass is 384 g/mol. The standard InChI is InChI=1S/C20H20N2O4S/c1-3-26-15-10-8-14(9-11-15)12-18-19(23)22(20(24)27-18)13-21-16-6-4-5-7-17(16)25-2/h4-12,21H,3,13H2,1-2H3/b18-12-. The van der Waals surface area contributed by atoms with Gasteiger partial charge in [-0.3, -0.25) is 14.5 Å². The molecule has 3 rings (SSSR count). The Kier molecular flexibility index (Phi) is 6.03. The summed E-state index contributed by atoms with van der Waals surface area (Å²) in [5, 5.41) is 2.77. The molecule has 1 heterocycles. The van der Waals surface area contributed by atoms with Crippen molar-refractivity contribution in [3.63, 3.8) is 0 Å². The molecule has 0 spiro atoms. The Morgan fingerprint density at radius 2 is 1.85 bits per heavy atom. The SMILES string of the molecule is CCOc1ccc(/C=C2\SC(=O)N(CNc3ccccc3OC)C2=O)cc1. The molecule has 140 valence electrons. The topological polar surface area (TPSA) is 67.9 Å². The first-order valence-corrected chi connectivity index (χ1v) is 9.29. The predicted octanol–water partition coefficient (Wildman–Crippen LogP) is 4.20. The van der Waals surface area contributed by atoms with Crippen molar-refractivity contribution in [3.05, 3.63) is 59.0 Å². The van der Waals surface area contributed by atoms with Crippen molar-refractivity contribution < 1.29 is 19.1 Å². The molecule has 0 saturated carbocycles. The van der Waals surface area contributed by atoms with E-state index in [0.29, 0.717) is 17.3 Å². The largest absolute Gasteiger partial charge is 0.495 e. The van der Waals surface area contributed by atoms with Gasteiger partial charge >= 0.3 is 0 Å². The van der Waals surface area contributed by atoms with Crippen LogP contribution in [0.2, 0.25) is 0 Å². The van der Waals surface area contributed by atoms with Gasteiger partial charge in [0.15, 0.2) is 0 Å². The number of para-hydroxylation sites is 2. The lowest BCUT2D eigenvalue weighted by molar-refractivity contribution is -0.122. The molecule has 27 heavy (non-hydrogen) atoms. The Hall–Kier alpha value is -2.93. The minimum absolute atomic E-state index is 0.0751. The van der Waals surface area contributed by atoms with E-state index in [9.17, 15) is 9.59 Å². The van der Waals surface area contributed by atoms with E-state index in [0.717, 1.165) is 28.8 Å². The maximum absolute atomic E-state index is 12.6. The minimum atomic E-state index is -0.318. The molecule has 0 unspecified atom stereocenters. The van der Waals surface area contributed by atoms with Crippen LogP contribution >= 0.6 is 11.8 Å². The van der Waals surface area contributed by atoms with Crippen LogP contribution in [0.25, 0.3) is 6.08 Å². The smallest absolute Gasteiger partial charge is 0.295 e. The summed E-state index contributed by atoms with van der Waals surface area (Å²) in [6.07, 6.45) is 1.71. The lowest BCUT2D eigenvalue weighted by Crippen LogP contribution is -2.33. The molecular formula is C20H20N2O4S. The Balaban J connectivity index is 1.69. The predicted molar refractivity (Wildman–Crippen MR) is 107 cm³/mol. The van der Waals surface area contributed by atoms with Crippen LogP contribution in [0.4, 0.5) is 10.5 Å². The van der Waals surface area contributed by atoms with Gasteiger partial charge in [0.1, 0.15) is 11.5 Å². The molecule has 1 saturated heterocycles. The van der Waals surface area contributed by atoms with E-state index in [-0.39, 0.29) is 17.8 Å². The van der Waals surface area contributed by atoms with Crippen LogP contribution < -0.4 is 14.8 Å². The summed E-state index contributed by atoms with van der Waals surface area (Å²) < 4.78 is 10.7. The van der Waals surface area contributed by atoms with Crippen LogP contribution in [0.15, 0.2) is 53.4 Å². The molecule has 1 aliphatic rings. The summed E-state index contributed by atoms with van der Waals surface area (Å²) in [6, 6.07) is 14.7. The number of imide groups is 1. The third-order valence-electron chi connectivity index (χ3n) is 3.90. The van der Waals surface area contributed by atoms with Crippen molar-refractivity contribution in [2.24, 2.45) is 0 Å². The summed E-state index contributed by atoms with van der Waals surface area (Å²) in [4.78, 5) is 26.4. The average Bonchev–Trinajstić information content (AvgIpc) is 2.95. The van der Waals surface area contributed by atoms with E-state index in [1.165, 1.54) is 4.90 Å². The molecule has 0 bridgehead atoms. The zero-order valence-corrected chi connectivity index (χ0v) is 15.9. The summed E-state index contributed by atoms with van der Waals surface area (Å²) in [5.41, 5.74) is 1.55. The molecule has 2 aromatic carbocycles. The van der Waals surface area contributed by atoms with Gasteiger partial charge in [-0.05, 0) is 54.6 Å². The van der Waals surface area contributed by atoms with Gasteiger partial charge in [0, 0.05) is 0 Å². The molecule has 2 amide bonds. The molecule has 2 aromatic rings. The molecule has 1 N–H and O–H groups in total. The first-order valence-electron chi connectivity index (χ1n) is 8.47. The quantitative estimate of drug-likeness (QED) is 0.722. The first-order chi connectivity index (χ1) is 13.1. The molecule has 0 aromatic heterocycles. The highest BCUT2D eigenvalue weighted by atomic mass is 32.2. The lowest BCUT2D eigenvalue weighted by atomic mass is 10.2. The number of anilines is 1. The maximum Gasteiger partial charge on any atom is 0.295 e. The number of nitrogens with zero attached hydrogens (tertiary/aromatic N) is 1. The number of hydrogen-bond acceptors (Lipinski definition) is 6. The van der Waals surface area contributed by atoms with Crippen LogP contribution in [0.5, 0.6) is 11.5 Å². The van der Waals surface area contributed by atoms with Crippen molar-refractivity contribution in [2.45, 2.75) is 6.92 Å². The first kappa shape index (κ1) is 18.8. The van der Waals surface area contributed by atoms with Gasteiger partial charge in [0.25, 0.3) is 11.1 Å². The molecule has 6 nitrogen and oxygen atoms in total. The second-order valence-corrected chi connectivity index (χ2v) is 6.64. The van der Waals surface area contributed by atoms with Crippen LogP contribution in [-0.4, -0.2) is 36.4 Å². The van der Waals surface area contributed by atoms with Crippen molar-refractivity contribution in [3.8, 4) is 11.5 Å². The Morgan fingerprint density at radius 1 is 1.11 bits per heavy atom. The van der Waals surface area contributed by atoms with Crippen molar-refractivity contribution in [2.75, 3.05) is 25.7 Å². The minimum Gasteiger partial charge on any atom is -0.495 e. The van der Waals surface area contributed by atoms with Crippen LogP contribution in [0.1, 0.15) is 12.5 Å². The van der Waals surface area contributed by atoms with Crippen LogP contribution in [0, 0.1) is 0 Å². The van der Waals surface area contributed by atoms with Crippen LogP contribution in [0.3, 0.4) is 0 Å². The van der Waals surface area contributed by atoms with Gasteiger partial charge in [-0.1, -0.05) is 24.3 Å². The number of rotatable bonds is 7. The molecule has 1 fully saturated rings. The van der Waals surface area contributed by atoms with Crippen molar-refractivity contribution in [1.29, 1.82) is 0 Å². The van der Waals surface area contributed by atoms with Gasteiger partial charge in [-0.15, -0.1) is 0 Å².